The van der Waals surface area contributed by atoms with Gasteiger partial charge in [-0.05, 0) is 36.8 Å². The molecule has 1 aromatic heterocycles. The Hall–Kier alpha value is -3.21. The predicted molar refractivity (Wildman–Crippen MR) is 96.2 cm³/mol. The highest BCUT2D eigenvalue weighted by Gasteiger charge is 2.36. The van der Waals surface area contributed by atoms with Gasteiger partial charge in [-0.25, -0.2) is 4.79 Å². The number of benzene rings is 2. The second-order valence-electron chi connectivity index (χ2n) is 6.12. The van der Waals surface area contributed by atoms with Gasteiger partial charge in [-0.2, -0.15) is 0 Å². The molecular weight excluding hydrogens is 314 g/mol. The maximum atomic E-state index is 12.8. The average Bonchev–Trinajstić information content (AvgIpc) is 2.90. The number of pyridine rings is 1. The van der Waals surface area contributed by atoms with E-state index in [2.05, 4.69) is 4.98 Å². The molecule has 3 aromatic rings. The number of para-hydroxylation sites is 2. The summed E-state index contributed by atoms with van der Waals surface area (Å²) >= 11 is 0. The van der Waals surface area contributed by atoms with Gasteiger partial charge in [-0.3, -0.25) is 19.6 Å². The van der Waals surface area contributed by atoms with Crippen LogP contribution in [-0.2, 0) is 11.3 Å². The summed E-state index contributed by atoms with van der Waals surface area (Å²) in [4.78, 5) is 32.5. The molecule has 1 aliphatic rings. The number of imide groups is 1. The molecule has 1 saturated heterocycles. The van der Waals surface area contributed by atoms with Gasteiger partial charge in [0.1, 0.15) is 6.54 Å². The van der Waals surface area contributed by atoms with Crippen molar-refractivity contribution in [2.45, 2.75) is 13.5 Å². The van der Waals surface area contributed by atoms with Crippen molar-refractivity contribution in [1.29, 1.82) is 0 Å². The van der Waals surface area contributed by atoms with Crippen molar-refractivity contribution >= 4 is 28.5 Å². The number of amides is 3. The zero-order valence-corrected chi connectivity index (χ0v) is 13.8. The Balaban J connectivity index is 1.68. The summed E-state index contributed by atoms with van der Waals surface area (Å²) in [5.41, 5.74) is 3.41. The van der Waals surface area contributed by atoms with E-state index in [1.807, 2.05) is 67.6 Å². The van der Waals surface area contributed by atoms with E-state index in [0.29, 0.717) is 0 Å². The number of hydrogen-bond donors (Lipinski definition) is 0. The fraction of sp³-hybridized carbons (Fsp3) is 0.150. The molecule has 1 fully saturated rings. The van der Waals surface area contributed by atoms with Gasteiger partial charge in [0.05, 0.1) is 12.1 Å². The maximum absolute atomic E-state index is 12.8. The van der Waals surface area contributed by atoms with E-state index in [1.54, 1.807) is 0 Å². The molecule has 0 bridgehead atoms. The second kappa shape index (κ2) is 6.02. The van der Waals surface area contributed by atoms with Crippen LogP contribution in [0.4, 0.5) is 10.5 Å². The average molecular weight is 331 g/mol. The van der Waals surface area contributed by atoms with E-state index < -0.39 is 0 Å². The lowest BCUT2D eigenvalue weighted by atomic mass is 10.1. The van der Waals surface area contributed by atoms with Crippen LogP contribution in [0.25, 0.3) is 10.9 Å². The zero-order chi connectivity index (χ0) is 17.4. The van der Waals surface area contributed by atoms with E-state index in [4.69, 9.17) is 0 Å². The van der Waals surface area contributed by atoms with Gasteiger partial charge in [0, 0.05) is 16.8 Å². The molecule has 0 spiro atoms. The molecule has 5 heteroatoms. The molecule has 3 amide bonds. The van der Waals surface area contributed by atoms with Crippen LogP contribution in [0.2, 0.25) is 0 Å². The number of fused-ring (bicyclic) bond motifs is 1. The fourth-order valence-electron chi connectivity index (χ4n) is 3.20. The number of anilines is 1. The SMILES string of the molecule is Cc1cc(CN2C(=O)CN(c3ccccc3)C2=O)c2ccccc2n1. The number of carbonyl (C=O) groups excluding carboxylic acids is 2. The number of rotatable bonds is 3. The van der Waals surface area contributed by atoms with Crippen molar-refractivity contribution in [1.82, 2.24) is 9.88 Å². The molecule has 0 unspecified atom stereocenters. The monoisotopic (exact) mass is 331 g/mol. The van der Waals surface area contributed by atoms with Crippen LogP contribution < -0.4 is 4.90 Å². The van der Waals surface area contributed by atoms with Crippen LogP contribution in [0.5, 0.6) is 0 Å². The summed E-state index contributed by atoms with van der Waals surface area (Å²) in [6.45, 7) is 2.25. The van der Waals surface area contributed by atoms with Crippen LogP contribution in [0, 0.1) is 6.92 Å². The molecule has 5 nitrogen and oxygen atoms in total. The second-order valence-corrected chi connectivity index (χ2v) is 6.12. The Bertz CT molecular complexity index is 969. The number of hydrogen-bond acceptors (Lipinski definition) is 3. The molecule has 2 heterocycles. The first-order valence-corrected chi connectivity index (χ1v) is 8.15. The van der Waals surface area contributed by atoms with E-state index in [9.17, 15) is 9.59 Å². The first-order valence-electron chi connectivity index (χ1n) is 8.15. The predicted octanol–water partition coefficient (Wildman–Crippen LogP) is 3.51. The lowest BCUT2D eigenvalue weighted by Crippen LogP contribution is -2.32. The van der Waals surface area contributed by atoms with Gasteiger partial charge in [0.15, 0.2) is 0 Å². The Morgan fingerprint density at radius 2 is 1.72 bits per heavy atom. The third-order valence-electron chi connectivity index (χ3n) is 4.38. The van der Waals surface area contributed by atoms with E-state index in [-0.39, 0.29) is 25.0 Å². The normalized spacial score (nSPS) is 14.6. The Labute approximate surface area is 145 Å². The number of aromatic nitrogens is 1. The van der Waals surface area contributed by atoms with Gasteiger partial charge >= 0.3 is 6.03 Å². The van der Waals surface area contributed by atoms with Crippen molar-refractivity contribution in [3.8, 4) is 0 Å². The minimum Gasteiger partial charge on any atom is -0.285 e. The van der Waals surface area contributed by atoms with Crippen LogP contribution in [0.3, 0.4) is 0 Å². The molecule has 0 N–H and O–H groups in total. The molecule has 0 aliphatic carbocycles. The topological polar surface area (TPSA) is 53.5 Å². The van der Waals surface area contributed by atoms with Crippen molar-refractivity contribution in [3.05, 3.63) is 71.9 Å². The minimum absolute atomic E-state index is 0.0743. The highest BCUT2D eigenvalue weighted by molar-refractivity contribution is 6.12. The lowest BCUT2D eigenvalue weighted by Gasteiger charge is -2.18. The number of aryl methyl sites for hydroxylation is 1. The van der Waals surface area contributed by atoms with Gasteiger partial charge in [-0.15, -0.1) is 0 Å². The largest absolute Gasteiger partial charge is 0.332 e. The van der Waals surface area contributed by atoms with Crippen molar-refractivity contribution in [2.24, 2.45) is 0 Å². The quantitative estimate of drug-likeness (QED) is 0.690. The Morgan fingerprint density at radius 3 is 2.52 bits per heavy atom. The summed E-state index contributed by atoms with van der Waals surface area (Å²) in [5, 5.41) is 0.965. The summed E-state index contributed by atoms with van der Waals surface area (Å²) in [7, 11) is 0. The lowest BCUT2D eigenvalue weighted by molar-refractivity contribution is -0.125. The Morgan fingerprint density at radius 1 is 1.00 bits per heavy atom. The molecule has 0 radical (unpaired) electrons. The first kappa shape index (κ1) is 15.3. The Kier molecular flexibility index (Phi) is 3.69. The summed E-state index contributed by atoms with van der Waals surface area (Å²) in [6, 6.07) is 18.7. The van der Waals surface area contributed by atoms with Gasteiger partial charge in [0.25, 0.3) is 5.91 Å². The molecule has 1 aliphatic heterocycles. The molecule has 0 atom stereocenters. The van der Waals surface area contributed by atoms with E-state index in [1.165, 1.54) is 9.80 Å². The smallest absolute Gasteiger partial charge is 0.285 e. The van der Waals surface area contributed by atoms with Crippen LogP contribution in [0.15, 0.2) is 60.7 Å². The highest BCUT2D eigenvalue weighted by atomic mass is 16.2. The number of urea groups is 1. The summed E-state index contributed by atoms with van der Waals surface area (Å²) < 4.78 is 0. The molecule has 0 saturated carbocycles. The molecular formula is C20H17N3O2. The van der Waals surface area contributed by atoms with E-state index in [0.717, 1.165) is 27.8 Å². The third-order valence-corrected chi connectivity index (χ3v) is 4.38. The van der Waals surface area contributed by atoms with Crippen LogP contribution >= 0.6 is 0 Å². The minimum atomic E-state index is -0.283. The van der Waals surface area contributed by atoms with Crippen molar-refractivity contribution < 1.29 is 9.59 Å². The summed E-state index contributed by atoms with van der Waals surface area (Å²) in [5.74, 6) is -0.188. The highest BCUT2D eigenvalue weighted by Crippen LogP contribution is 2.25. The maximum Gasteiger partial charge on any atom is 0.332 e. The number of nitrogens with zero attached hydrogens (tertiary/aromatic N) is 3. The molecule has 124 valence electrons. The first-order chi connectivity index (χ1) is 12.1. The molecule has 25 heavy (non-hydrogen) atoms. The molecule has 2 aromatic carbocycles. The zero-order valence-electron chi connectivity index (χ0n) is 13.8. The van der Waals surface area contributed by atoms with Crippen LogP contribution in [0.1, 0.15) is 11.3 Å². The van der Waals surface area contributed by atoms with Crippen molar-refractivity contribution in [3.63, 3.8) is 0 Å². The molecule has 4 rings (SSSR count). The number of carbonyl (C=O) groups is 2. The van der Waals surface area contributed by atoms with Gasteiger partial charge in [0.2, 0.25) is 0 Å². The summed E-state index contributed by atoms with van der Waals surface area (Å²) in [6.07, 6.45) is 0. The van der Waals surface area contributed by atoms with E-state index >= 15 is 0 Å². The fourth-order valence-corrected chi connectivity index (χ4v) is 3.20. The third kappa shape index (κ3) is 2.74. The van der Waals surface area contributed by atoms with Gasteiger partial charge < -0.3 is 0 Å². The van der Waals surface area contributed by atoms with Crippen molar-refractivity contribution in [2.75, 3.05) is 11.4 Å². The van der Waals surface area contributed by atoms with Gasteiger partial charge in [-0.1, -0.05) is 36.4 Å². The van der Waals surface area contributed by atoms with Crippen LogP contribution in [-0.4, -0.2) is 28.4 Å². The standard InChI is InChI=1S/C20H17N3O2/c1-14-11-15(17-9-5-6-10-18(17)21-14)12-23-19(24)13-22(20(23)25)16-7-3-2-4-8-16/h2-11H,12-13H2,1H3.